The quantitative estimate of drug-likeness (QED) is 0.585. The highest BCUT2D eigenvalue weighted by Gasteiger charge is 2.24. The van der Waals surface area contributed by atoms with Gasteiger partial charge in [-0.1, -0.05) is 6.07 Å². The number of benzene rings is 1. The van der Waals surface area contributed by atoms with E-state index in [2.05, 4.69) is 0 Å². The molecule has 84 valence electrons. The molecule has 0 saturated carbocycles. The van der Waals surface area contributed by atoms with Crippen molar-refractivity contribution in [3.05, 3.63) is 34.4 Å². The molecule has 0 spiro atoms. The standard InChI is InChI=1S/C9H8N2O4S/c1-7(6-10)16(14,15)9-4-2-3-8(5-9)11(12)13/h2-5,7H,1H3. The van der Waals surface area contributed by atoms with Crippen molar-refractivity contribution in [2.45, 2.75) is 17.1 Å². The number of nitro groups is 1. The third-order valence-electron chi connectivity index (χ3n) is 2.00. The summed E-state index contributed by atoms with van der Waals surface area (Å²) in [5, 5.41) is 17.8. The Morgan fingerprint density at radius 1 is 1.50 bits per heavy atom. The fourth-order valence-corrected chi connectivity index (χ4v) is 2.15. The Bertz CT molecular complexity index is 559. The Balaban J connectivity index is 3.31. The van der Waals surface area contributed by atoms with E-state index in [9.17, 15) is 18.5 Å². The molecule has 0 saturated heterocycles. The first-order valence-electron chi connectivity index (χ1n) is 4.27. The molecule has 0 fully saturated rings. The third kappa shape index (κ3) is 2.17. The highest BCUT2D eigenvalue weighted by Crippen LogP contribution is 2.20. The van der Waals surface area contributed by atoms with Gasteiger partial charge in [-0.05, 0) is 13.0 Å². The maximum atomic E-state index is 11.7. The Hall–Kier alpha value is -1.94. The number of non-ortho nitro benzene ring substituents is 1. The Morgan fingerprint density at radius 3 is 2.62 bits per heavy atom. The van der Waals surface area contributed by atoms with Gasteiger partial charge in [0.15, 0.2) is 9.84 Å². The van der Waals surface area contributed by atoms with Crippen LogP contribution in [0.2, 0.25) is 0 Å². The zero-order valence-electron chi connectivity index (χ0n) is 8.32. The molecule has 16 heavy (non-hydrogen) atoms. The first-order chi connectivity index (χ1) is 7.39. The Morgan fingerprint density at radius 2 is 2.12 bits per heavy atom. The van der Waals surface area contributed by atoms with Gasteiger partial charge in [0.25, 0.3) is 5.69 Å². The lowest BCUT2D eigenvalue weighted by Gasteiger charge is -2.04. The van der Waals surface area contributed by atoms with Crippen LogP contribution in [0.1, 0.15) is 6.92 Å². The van der Waals surface area contributed by atoms with Crippen LogP contribution in [0.15, 0.2) is 29.2 Å². The molecule has 1 atom stereocenters. The lowest BCUT2D eigenvalue weighted by atomic mass is 10.3. The predicted octanol–water partition coefficient (Wildman–Crippen LogP) is 1.28. The SMILES string of the molecule is CC(C#N)S(=O)(=O)c1cccc([N+](=O)[O-])c1. The summed E-state index contributed by atoms with van der Waals surface area (Å²) in [7, 11) is -3.81. The van der Waals surface area contributed by atoms with E-state index < -0.39 is 20.0 Å². The summed E-state index contributed by atoms with van der Waals surface area (Å²) in [5.74, 6) is 0. The van der Waals surface area contributed by atoms with E-state index in [-0.39, 0.29) is 10.6 Å². The van der Waals surface area contributed by atoms with Crippen molar-refractivity contribution in [1.82, 2.24) is 0 Å². The molecule has 1 aromatic carbocycles. The van der Waals surface area contributed by atoms with E-state index in [4.69, 9.17) is 5.26 Å². The predicted molar refractivity (Wildman–Crippen MR) is 55.4 cm³/mol. The minimum Gasteiger partial charge on any atom is -0.258 e. The minimum absolute atomic E-state index is 0.212. The molecule has 0 aliphatic carbocycles. The Labute approximate surface area is 92.2 Å². The van der Waals surface area contributed by atoms with Gasteiger partial charge < -0.3 is 0 Å². The summed E-state index contributed by atoms with van der Waals surface area (Å²) in [4.78, 5) is 9.57. The number of hydrogen-bond acceptors (Lipinski definition) is 5. The first kappa shape index (κ1) is 12.1. The molecule has 6 nitrogen and oxygen atoms in total. The molecular formula is C9H8N2O4S. The van der Waals surface area contributed by atoms with Gasteiger partial charge in [-0.3, -0.25) is 10.1 Å². The second-order valence-corrected chi connectivity index (χ2v) is 5.34. The van der Waals surface area contributed by atoms with Crippen LogP contribution in [0.5, 0.6) is 0 Å². The molecule has 7 heteroatoms. The second kappa shape index (κ2) is 4.28. The zero-order valence-corrected chi connectivity index (χ0v) is 9.14. The molecule has 0 bridgehead atoms. The number of nitriles is 1. The average Bonchev–Trinajstić information content (AvgIpc) is 2.28. The van der Waals surface area contributed by atoms with E-state index in [0.29, 0.717) is 0 Å². The Kier molecular flexibility index (Phi) is 3.25. The largest absolute Gasteiger partial charge is 0.270 e. The highest BCUT2D eigenvalue weighted by atomic mass is 32.2. The number of hydrogen-bond donors (Lipinski definition) is 0. The van der Waals surface area contributed by atoms with Crippen LogP contribution in [0.25, 0.3) is 0 Å². The third-order valence-corrected chi connectivity index (χ3v) is 3.95. The van der Waals surface area contributed by atoms with Gasteiger partial charge in [0.2, 0.25) is 0 Å². The number of rotatable bonds is 3. The van der Waals surface area contributed by atoms with Crippen molar-refractivity contribution < 1.29 is 13.3 Å². The first-order valence-corrected chi connectivity index (χ1v) is 5.82. The summed E-state index contributed by atoms with van der Waals surface area (Å²) in [6, 6.07) is 6.24. The molecule has 0 aromatic heterocycles. The van der Waals surface area contributed by atoms with Crippen molar-refractivity contribution in [3.63, 3.8) is 0 Å². The highest BCUT2D eigenvalue weighted by molar-refractivity contribution is 7.92. The van der Waals surface area contributed by atoms with Gasteiger partial charge in [0.05, 0.1) is 15.9 Å². The van der Waals surface area contributed by atoms with Gasteiger partial charge >= 0.3 is 0 Å². The molecule has 1 unspecified atom stereocenters. The van der Waals surface area contributed by atoms with E-state index >= 15 is 0 Å². The van der Waals surface area contributed by atoms with Crippen molar-refractivity contribution >= 4 is 15.5 Å². The van der Waals surface area contributed by atoms with E-state index in [1.807, 2.05) is 0 Å². The van der Waals surface area contributed by atoms with Gasteiger partial charge in [0, 0.05) is 12.1 Å². The summed E-state index contributed by atoms with van der Waals surface area (Å²) in [5.41, 5.74) is -0.314. The van der Waals surface area contributed by atoms with Crippen LogP contribution in [0.3, 0.4) is 0 Å². The molecule has 0 amide bonds. The van der Waals surface area contributed by atoms with Crippen molar-refractivity contribution in [2.75, 3.05) is 0 Å². The molecule has 0 aliphatic heterocycles. The van der Waals surface area contributed by atoms with Crippen LogP contribution in [0.4, 0.5) is 5.69 Å². The van der Waals surface area contributed by atoms with Gasteiger partial charge in [-0.25, -0.2) is 8.42 Å². The second-order valence-electron chi connectivity index (χ2n) is 3.07. The molecule has 1 aromatic rings. The van der Waals surface area contributed by atoms with Gasteiger partial charge in [0.1, 0.15) is 5.25 Å². The summed E-state index contributed by atoms with van der Waals surface area (Å²) >= 11 is 0. The van der Waals surface area contributed by atoms with E-state index in [1.54, 1.807) is 6.07 Å². The summed E-state index contributed by atoms with van der Waals surface area (Å²) in [6.07, 6.45) is 0. The number of nitrogens with zero attached hydrogens (tertiary/aromatic N) is 2. The lowest BCUT2D eigenvalue weighted by molar-refractivity contribution is -0.385. The van der Waals surface area contributed by atoms with Crippen LogP contribution < -0.4 is 0 Å². The van der Waals surface area contributed by atoms with E-state index in [0.717, 1.165) is 6.07 Å². The summed E-state index contributed by atoms with van der Waals surface area (Å²) in [6.45, 7) is 1.23. The topological polar surface area (TPSA) is 101 Å². The normalized spacial score (nSPS) is 12.8. The fourth-order valence-electron chi connectivity index (χ4n) is 1.05. The summed E-state index contributed by atoms with van der Waals surface area (Å²) < 4.78 is 23.4. The van der Waals surface area contributed by atoms with Gasteiger partial charge in [-0.15, -0.1) is 0 Å². The van der Waals surface area contributed by atoms with Crippen LogP contribution in [-0.4, -0.2) is 18.6 Å². The van der Waals surface area contributed by atoms with Crippen LogP contribution in [-0.2, 0) is 9.84 Å². The molecule has 0 radical (unpaired) electrons. The van der Waals surface area contributed by atoms with Crippen LogP contribution in [0, 0.1) is 21.4 Å². The average molecular weight is 240 g/mol. The van der Waals surface area contributed by atoms with E-state index in [1.165, 1.54) is 25.1 Å². The lowest BCUT2D eigenvalue weighted by Crippen LogP contribution is -2.15. The molecule has 0 aliphatic rings. The zero-order chi connectivity index (χ0) is 12.3. The van der Waals surface area contributed by atoms with Crippen LogP contribution >= 0.6 is 0 Å². The maximum absolute atomic E-state index is 11.7. The molecular weight excluding hydrogens is 232 g/mol. The monoisotopic (exact) mass is 240 g/mol. The maximum Gasteiger partial charge on any atom is 0.270 e. The van der Waals surface area contributed by atoms with Gasteiger partial charge in [-0.2, -0.15) is 5.26 Å². The number of nitro benzene ring substituents is 1. The number of sulfone groups is 1. The van der Waals surface area contributed by atoms with Crippen molar-refractivity contribution in [2.24, 2.45) is 0 Å². The smallest absolute Gasteiger partial charge is 0.258 e. The fraction of sp³-hybridized carbons (Fsp3) is 0.222. The molecule has 0 N–H and O–H groups in total. The van der Waals surface area contributed by atoms with Crippen molar-refractivity contribution in [3.8, 4) is 6.07 Å². The van der Waals surface area contributed by atoms with Crippen molar-refractivity contribution in [1.29, 1.82) is 5.26 Å². The molecule has 1 rings (SSSR count). The molecule has 0 heterocycles. The minimum atomic E-state index is -3.81.